The third kappa shape index (κ3) is 2.89. The van der Waals surface area contributed by atoms with Gasteiger partial charge in [-0.1, -0.05) is 38.2 Å². The maximum atomic E-state index is 13.6. The highest BCUT2D eigenvalue weighted by molar-refractivity contribution is 5.83. The van der Waals surface area contributed by atoms with Crippen LogP contribution in [-0.4, -0.2) is 16.6 Å². The second-order valence-electron chi connectivity index (χ2n) is 5.46. The predicted molar refractivity (Wildman–Crippen MR) is 76.2 cm³/mol. The normalized spacial score (nSPS) is 16.4. The predicted octanol–water partition coefficient (Wildman–Crippen LogP) is 4.12. The SMILES string of the molecule is Fc1cccc2c(OCCC3CCCCC3)ncnc12. The lowest BCUT2D eigenvalue weighted by molar-refractivity contribution is 0.242. The Morgan fingerprint density at radius 3 is 2.85 bits per heavy atom. The van der Waals surface area contributed by atoms with Gasteiger partial charge in [0.1, 0.15) is 17.7 Å². The van der Waals surface area contributed by atoms with Crippen molar-refractivity contribution >= 4 is 10.9 Å². The molecule has 1 aliphatic rings. The van der Waals surface area contributed by atoms with E-state index in [0.29, 0.717) is 23.4 Å². The van der Waals surface area contributed by atoms with Gasteiger partial charge in [0.25, 0.3) is 0 Å². The first-order chi connectivity index (χ1) is 9.84. The first kappa shape index (κ1) is 13.3. The van der Waals surface area contributed by atoms with Crippen LogP contribution in [0.25, 0.3) is 10.9 Å². The first-order valence-corrected chi connectivity index (χ1v) is 7.36. The third-order valence-electron chi connectivity index (χ3n) is 4.07. The summed E-state index contributed by atoms with van der Waals surface area (Å²) in [5, 5.41) is 0.649. The van der Waals surface area contributed by atoms with Crippen molar-refractivity contribution in [1.82, 2.24) is 9.97 Å². The zero-order valence-corrected chi connectivity index (χ0v) is 11.5. The Balaban J connectivity index is 1.66. The van der Waals surface area contributed by atoms with Crippen LogP contribution in [0, 0.1) is 11.7 Å². The molecule has 0 spiro atoms. The molecule has 0 bridgehead atoms. The molecule has 1 saturated carbocycles. The van der Waals surface area contributed by atoms with E-state index in [4.69, 9.17) is 4.74 Å². The molecule has 0 aliphatic heterocycles. The van der Waals surface area contributed by atoms with Crippen LogP contribution >= 0.6 is 0 Å². The third-order valence-corrected chi connectivity index (χ3v) is 4.07. The van der Waals surface area contributed by atoms with Gasteiger partial charge in [0.15, 0.2) is 0 Å². The van der Waals surface area contributed by atoms with E-state index in [9.17, 15) is 4.39 Å². The Labute approximate surface area is 118 Å². The zero-order valence-electron chi connectivity index (χ0n) is 11.5. The van der Waals surface area contributed by atoms with Crippen LogP contribution in [0.2, 0.25) is 0 Å². The average molecular weight is 274 g/mol. The maximum absolute atomic E-state index is 13.6. The quantitative estimate of drug-likeness (QED) is 0.841. The van der Waals surface area contributed by atoms with E-state index in [0.717, 1.165) is 12.3 Å². The molecule has 0 amide bonds. The second-order valence-corrected chi connectivity index (χ2v) is 5.46. The van der Waals surface area contributed by atoms with Gasteiger partial charge < -0.3 is 4.74 Å². The van der Waals surface area contributed by atoms with E-state index in [1.165, 1.54) is 44.5 Å². The summed E-state index contributed by atoms with van der Waals surface area (Å²) in [5.74, 6) is 0.931. The van der Waals surface area contributed by atoms with Crippen molar-refractivity contribution in [3.05, 3.63) is 30.3 Å². The smallest absolute Gasteiger partial charge is 0.224 e. The van der Waals surface area contributed by atoms with Gasteiger partial charge in [-0.2, -0.15) is 0 Å². The van der Waals surface area contributed by atoms with Crippen LogP contribution in [-0.2, 0) is 0 Å². The van der Waals surface area contributed by atoms with Crippen LogP contribution in [0.5, 0.6) is 5.88 Å². The summed E-state index contributed by atoms with van der Waals surface area (Å²) >= 11 is 0. The number of fused-ring (bicyclic) bond motifs is 1. The summed E-state index contributed by atoms with van der Waals surface area (Å²) in [6.07, 6.45) is 9.08. The molecule has 0 saturated heterocycles. The van der Waals surface area contributed by atoms with Crippen LogP contribution in [0.15, 0.2) is 24.5 Å². The molecule has 0 N–H and O–H groups in total. The minimum Gasteiger partial charge on any atom is -0.477 e. The largest absolute Gasteiger partial charge is 0.477 e. The van der Waals surface area contributed by atoms with E-state index in [2.05, 4.69) is 9.97 Å². The van der Waals surface area contributed by atoms with Crippen LogP contribution < -0.4 is 4.74 Å². The highest BCUT2D eigenvalue weighted by Crippen LogP contribution is 2.27. The molecule has 0 atom stereocenters. The Morgan fingerprint density at radius 1 is 1.15 bits per heavy atom. The fraction of sp³-hybridized carbons (Fsp3) is 0.500. The number of para-hydroxylation sites is 1. The standard InChI is InChI=1S/C16H19FN2O/c17-14-8-4-7-13-15(14)18-11-19-16(13)20-10-9-12-5-2-1-3-6-12/h4,7-8,11-12H,1-3,5-6,9-10H2. The second kappa shape index (κ2) is 6.16. The Kier molecular flexibility index (Phi) is 4.09. The van der Waals surface area contributed by atoms with Crippen molar-refractivity contribution in [2.45, 2.75) is 38.5 Å². The van der Waals surface area contributed by atoms with Gasteiger partial charge in [0, 0.05) is 0 Å². The zero-order chi connectivity index (χ0) is 13.8. The fourth-order valence-corrected chi connectivity index (χ4v) is 2.94. The number of halogens is 1. The van der Waals surface area contributed by atoms with Crippen molar-refractivity contribution < 1.29 is 9.13 Å². The lowest BCUT2D eigenvalue weighted by atomic mass is 9.87. The maximum Gasteiger partial charge on any atom is 0.224 e. The molecule has 1 aromatic heterocycles. The van der Waals surface area contributed by atoms with Crippen molar-refractivity contribution in [3.63, 3.8) is 0 Å². The minimum absolute atomic E-state index is 0.329. The molecule has 1 fully saturated rings. The van der Waals surface area contributed by atoms with Gasteiger partial charge in [-0.05, 0) is 24.5 Å². The summed E-state index contributed by atoms with van der Waals surface area (Å²) in [4.78, 5) is 8.10. The van der Waals surface area contributed by atoms with Crippen molar-refractivity contribution in [2.75, 3.05) is 6.61 Å². The summed E-state index contributed by atoms with van der Waals surface area (Å²) < 4.78 is 19.4. The number of nitrogens with zero attached hydrogens (tertiary/aromatic N) is 2. The highest BCUT2D eigenvalue weighted by Gasteiger charge is 2.14. The van der Waals surface area contributed by atoms with Crippen molar-refractivity contribution in [1.29, 1.82) is 0 Å². The molecular formula is C16H19FN2O. The molecule has 0 unspecified atom stereocenters. The fourth-order valence-electron chi connectivity index (χ4n) is 2.94. The molecular weight excluding hydrogens is 255 g/mol. The highest BCUT2D eigenvalue weighted by atomic mass is 19.1. The number of benzene rings is 1. The van der Waals surface area contributed by atoms with Gasteiger partial charge in [-0.3, -0.25) is 0 Å². The summed E-state index contributed by atoms with van der Waals surface area (Å²) in [5.41, 5.74) is 0.329. The van der Waals surface area contributed by atoms with E-state index in [1.54, 1.807) is 12.1 Å². The van der Waals surface area contributed by atoms with Crippen LogP contribution in [0.1, 0.15) is 38.5 Å². The molecule has 0 radical (unpaired) electrons. The van der Waals surface area contributed by atoms with Crippen molar-refractivity contribution in [2.24, 2.45) is 5.92 Å². The average Bonchev–Trinajstić information content (AvgIpc) is 2.49. The molecule has 1 aliphatic carbocycles. The van der Waals surface area contributed by atoms with E-state index >= 15 is 0 Å². The molecule has 2 aromatic rings. The lowest BCUT2D eigenvalue weighted by Gasteiger charge is -2.21. The van der Waals surface area contributed by atoms with Crippen LogP contribution in [0.4, 0.5) is 4.39 Å². The van der Waals surface area contributed by atoms with Gasteiger partial charge in [-0.25, -0.2) is 14.4 Å². The Morgan fingerprint density at radius 2 is 2.00 bits per heavy atom. The monoisotopic (exact) mass is 274 g/mol. The number of hydrogen-bond acceptors (Lipinski definition) is 3. The minimum atomic E-state index is -0.331. The number of ether oxygens (including phenoxy) is 1. The van der Waals surface area contributed by atoms with Crippen LogP contribution in [0.3, 0.4) is 0 Å². The lowest BCUT2D eigenvalue weighted by Crippen LogP contribution is -2.11. The molecule has 20 heavy (non-hydrogen) atoms. The number of rotatable bonds is 4. The Hall–Kier alpha value is -1.71. The molecule has 4 heteroatoms. The first-order valence-electron chi connectivity index (χ1n) is 7.36. The molecule has 3 rings (SSSR count). The van der Waals surface area contributed by atoms with Gasteiger partial charge in [0.05, 0.1) is 12.0 Å². The topological polar surface area (TPSA) is 35.0 Å². The summed E-state index contributed by atoms with van der Waals surface area (Å²) in [6, 6.07) is 4.87. The molecule has 106 valence electrons. The van der Waals surface area contributed by atoms with E-state index in [-0.39, 0.29) is 5.82 Å². The number of aromatic nitrogens is 2. The van der Waals surface area contributed by atoms with Gasteiger partial charge >= 0.3 is 0 Å². The van der Waals surface area contributed by atoms with E-state index in [1.807, 2.05) is 0 Å². The summed E-state index contributed by atoms with van der Waals surface area (Å²) in [6.45, 7) is 0.646. The Bertz CT molecular complexity index is 582. The van der Waals surface area contributed by atoms with E-state index < -0.39 is 0 Å². The molecule has 3 nitrogen and oxygen atoms in total. The number of hydrogen-bond donors (Lipinski definition) is 0. The van der Waals surface area contributed by atoms with Gasteiger partial charge in [0.2, 0.25) is 5.88 Å². The van der Waals surface area contributed by atoms with Crippen molar-refractivity contribution in [3.8, 4) is 5.88 Å². The molecule has 1 heterocycles. The van der Waals surface area contributed by atoms with Gasteiger partial charge in [-0.15, -0.1) is 0 Å². The summed E-state index contributed by atoms with van der Waals surface area (Å²) in [7, 11) is 0. The molecule has 1 aromatic carbocycles.